The lowest BCUT2D eigenvalue weighted by molar-refractivity contribution is -0.152. The fourth-order valence-corrected chi connectivity index (χ4v) is 3.10. The van der Waals surface area contributed by atoms with Crippen LogP contribution in [0, 0.1) is 0 Å². The van der Waals surface area contributed by atoms with Crippen LogP contribution in [0.5, 0.6) is 17.2 Å². The van der Waals surface area contributed by atoms with Gasteiger partial charge in [0.05, 0.1) is 16.7 Å². The fraction of sp³-hybridized carbons (Fsp3) is 0.300. The summed E-state index contributed by atoms with van der Waals surface area (Å²) in [6.07, 6.45) is 2.28. The Labute approximate surface area is 177 Å². The molecule has 1 aliphatic carbocycles. The second-order valence-electron chi connectivity index (χ2n) is 6.49. The molecule has 0 aliphatic heterocycles. The highest BCUT2D eigenvalue weighted by molar-refractivity contribution is 6.39. The Bertz CT molecular complexity index is 908. The van der Waals surface area contributed by atoms with Crippen molar-refractivity contribution in [3.8, 4) is 17.2 Å². The van der Waals surface area contributed by atoms with Crippen LogP contribution in [-0.4, -0.2) is 29.6 Å². The molecule has 1 saturated carbocycles. The highest BCUT2D eigenvalue weighted by Crippen LogP contribution is 2.39. The van der Waals surface area contributed by atoms with Gasteiger partial charge in [0.15, 0.2) is 5.75 Å². The van der Waals surface area contributed by atoms with Crippen LogP contribution in [0.4, 0.5) is 5.69 Å². The van der Waals surface area contributed by atoms with E-state index in [4.69, 9.17) is 27.9 Å². The maximum atomic E-state index is 11.8. The van der Waals surface area contributed by atoms with E-state index in [0.29, 0.717) is 23.9 Å². The van der Waals surface area contributed by atoms with Crippen molar-refractivity contribution < 1.29 is 24.2 Å². The highest BCUT2D eigenvalue weighted by atomic mass is 35.5. The molecular weight excluding hydrogens is 419 g/mol. The molecule has 7 nitrogen and oxygen atoms in total. The van der Waals surface area contributed by atoms with Gasteiger partial charge in [-0.2, -0.15) is 0 Å². The van der Waals surface area contributed by atoms with E-state index >= 15 is 0 Å². The van der Waals surface area contributed by atoms with E-state index in [2.05, 4.69) is 15.4 Å². The van der Waals surface area contributed by atoms with Crippen molar-refractivity contribution in [3.05, 3.63) is 45.9 Å². The number of halogens is 2. The summed E-state index contributed by atoms with van der Waals surface area (Å²) in [5.41, 5.74) is 0.922. The lowest BCUT2D eigenvalue weighted by atomic mass is 10.2. The second-order valence-corrected chi connectivity index (χ2v) is 7.31. The molecule has 0 unspecified atom stereocenters. The minimum Gasteiger partial charge on any atom is -0.508 e. The monoisotopic (exact) mass is 438 g/mol. The molecule has 0 saturated heterocycles. The molecule has 0 atom stereocenters. The predicted octanol–water partition coefficient (Wildman–Crippen LogP) is 4.24. The van der Waals surface area contributed by atoms with Gasteiger partial charge in [0.1, 0.15) is 11.5 Å². The first-order valence-corrected chi connectivity index (χ1v) is 9.83. The summed E-state index contributed by atoms with van der Waals surface area (Å²) < 4.78 is 10.4. The number of phenolic OH excluding ortho intramolecular Hbond substituents is 1. The molecule has 2 aromatic carbocycles. The van der Waals surface area contributed by atoms with Crippen molar-refractivity contribution in [1.29, 1.82) is 0 Å². The predicted molar refractivity (Wildman–Crippen MR) is 110 cm³/mol. The van der Waals surface area contributed by atoms with E-state index in [1.165, 1.54) is 18.2 Å². The number of nitrogens with one attached hydrogen (secondary N) is 2. The summed E-state index contributed by atoms with van der Waals surface area (Å²) in [6.45, 7) is 2.21. The zero-order valence-electron chi connectivity index (χ0n) is 15.6. The van der Waals surface area contributed by atoms with Crippen LogP contribution in [-0.2, 0) is 20.9 Å². The molecule has 2 aromatic rings. The zero-order valence-corrected chi connectivity index (χ0v) is 17.1. The van der Waals surface area contributed by atoms with Crippen LogP contribution in [0.2, 0.25) is 10.0 Å². The van der Waals surface area contributed by atoms with Gasteiger partial charge in [-0.3, -0.25) is 4.79 Å². The number of carbonyl (C=O) groups excluding carboxylic acids is 2. The number of benzene rings is 2. The van der Waals surface area contributed by atoms with Gasteiger partial charge in [-0.25, -0.2) is 4.79 Å². The minimum absolute atomic E-state index is 0.0886. The molecule has 3 N–H and O–H groups in total. The van der Waals surface area contributed by atoms with E-state index < -0.39 is 11.9 Å². The number of esters is 1. The van der Waals surface area contributed by atoms with Crippen LogP contribution in [0.3, 0.4) is 0 Å². The number of phenols is 1. The van der Waals surface area contributed by atoms with Crippen LogP contribution in [0.15, 0.2) is 30.3 Å². The number of hydrogen-bond donors (Lipinski definition) is 3. The molecule has 9 heteroatoms. The van der Waals surface area contributed by atoms with Gasteiger partial charge in [-0.15, -0.1) is 0 Å². The van der Waals surface area contributed by atoms with Crippen molar-refractivity contribution in [2.45, 2.75) is 32.4 Å². The van der Waals surface area contributed by atoms with E-state index in [-0.39, 0.29) is 33.8 Å². The number of aromatic hydroxyl groups is 1. The molecule has 1 fully saturated rings. The first-order valence-electron chi connectivity index (χ1n) is 9.07. The van der Waals surface area contributed by atoms with Crippen LogP contribution >= 0.6 is 23.2 Å². The maximum Gasteiger partial charge on any atom is 0.397 e. The number of carbonyl (C=O) groups is 2. The standard InChI is InChI=1S/C20H20Cl2N2O5/c1-2-28-20(27)19(26)24-13-8-15(21)18(16(22)9-13)29-14-5-6-17(25)11(7-14)10-23-12-3-4-12/h5-9,12,23,25H,2-4,10H2,1H3,(H,24,26). The molecule has 0 bridgehead atoms. The highest BCUT2D eigenvalue weighted by Gasteiger charge is 2.21. The van der Waals surface area contributed by atoms with Crippen molar-refractivity contribution >= 4 is 40.8 Å². The summed E-state index contributed by atoms with van der Waals surface area (Å²) in [5.74, 6) is -1.13. The Kier molecular flexibility index (Phi) is 6.84. The average Bonchev–Trinajstić information content (AvgIpc) is 3.49. The quantitative estimate of drug-likeness (QED) is 0.441. The first-order chi connectivity index (χ1) is 13.9. The van der Waals surface area contributed by atoms with E-state index in [1.54, 1.807) is 19.1 Å². The number of amides is 1. The summed E-state index contributed by atoms with van der Waals surface area (Å²) >= 11 is 12.5. The van der Waals surface area contributed by atoms with Gasteiger partial charge < -0.3 is 25.2 Å². The molecule has 3 rings (SSSR count). The molecule has 0 spiro atoms. The Morgan fingerprint density at radius 2 is 1.86 bits per heavy atom. The SMILES string of the molecule is CCOC(=O)C(=O)Nc1cc(Cl)c(Oc2ccc(O)c(CNC3CC3)c2)c(Cl)c1. The van der Waals surface area contributed by atoms with Gasteiger partial charge in [0.2, 0.25) is 0 Å². The lowest BCUT2D eigenvalue weighted by Crippen LogP contribution is -2.24. The summed E-state index contributed by atoms with van der Waals surface area (Å²) in [4.78, 5) is 23.2. The van der Waals surface area contributed by atoms with Crippen LogP contribution in [0.25, 0.3) is 0 Å². The van der Waals surface area contributed by atoms with Gasteiger partial charge in [0, 0.05) is 23.8 Å². The molecule has 29 heavy (non-hydrogen) atoms. The summed E-state index contributed by atoms with van der Waals surface area (Å²) in [6, 6.07) is 8.16. The molecule has 0 heterocycles. The van der Waals surface area contributed by atoms with Crippen LogP contribution < -0.4 is 15.4 Å². The lowest BCUT2D eigenvalue weighted by Gasteiger charge is -2.14. The van der Waals surface area contributed by atoms with Crippen molar-refractivity contribution in [3.63, 3.8) is 0 Å². The molecule has 0 aromatic heterocycles. The molecule has 1 amide bonds. The van der Waals surface area contributed by atoms with Gasteiger partial charge in [0.25, 0.3) is 0 Å². The second kappa shape index (κ2) is 9.35. The maximum absolute atomic E-state index is 11.8. The van der Waals surface area contributed by atoms with Gasteiger partial charge in [-0.05, 0) is 50.1 Å². The van der Waals surface area contributed by atoms with Crippen molar-refractivity contribution in [2.24, 2.45) is 0 Å². The number of ether oxygens (including phenoxy) is 2. The third kappa shape index (κ3) is 5.76. The summed E-state index contributed by atoms with van der Waals surface area (Å²) in [7, 11) is 0. The van der Waals surface area contributed by atoms with Crippen molar-refractivity contribution in [1.82, 2.24) is 5.32 Å². The summed E-state index contributed by atoms with van der Waals surface area (Å²) in [5, 5.41) is 16.0. The zero-order chi connectivity index (χ0) is 21.0. The van der Waals surface area contributed by atoms with Crippen LogP contribution in [0.1, 0.15) is 25.3 Å². The number of rotatable bonds is 7. The fourth-order valence-electron chi connectivity index (χ4n) is 2.53. The Hall–Kier alpha value is -2.48. The normalized spacial score (nSPS) is 13.1. The van der Waals surface area contributed by atoms with Gasteiger partial charge >= 0.3 is 11.9 Å². The minimum atomic E-state index is -1.00. The molecule has 0 radical (unpaired) electrons. The Morgan fingerprint density at radius 1 is 1.17 bits per heavy atom. The molecule has 1 aliphatic rings. The Balaban J connectivity index is 1.73. The molecular formula is C20H20Cl2N2O5. The number of anilines is 1. The first kappa shape index (κ1) is 21.2. The van der Waals surface area contributed by atoms with E-state index in [0.717, 1.165) is 12.8 Å². The smallest absolute Gasteiger partial charge is 0.397 e. The van der Waals surface area contributed by atoms with E-state index in [9.17, 15) is 14.7 Å². The third-order valence-electron chi connectivity index (χ3n) is 4.15. The molecule has 154 valence electrons. The topological polar surface area (TPSA) is 96.9 Å². The van der Waals surface area contributed by atoms with E-state index in [1.807, 2.05) is 0 Å². The number of hydrogen-bond acceptors (Lipinski definition) is 6. The largest absolute Gasteiger partial charge is 0.508 e. The van der Waals surface area contributed by atoms with Crippen molar-refractivity contribution in [2.75, 3.05) is 11.9 Å². The average molecular weight is 439 g/mol. The van der Waals surface area contributed by atoms with Gasteiger partial charge in [-0.1, -0.05) is 23.2 Å². The Morgan fingerprint density at radius 3 is 2.48 bits per heavy atom. The third-order valence-corrected chi connectivity index (χ3v) is 4.71.